The van der Waals surface area contributed by atoms with Crippen LogP contribution in [-0.2, 0) is 11.3 Å². The zero-order valence-electron chi connectivity index (χ0n) is 10.9. The fourth-order valence-electron chi connectivity index (χ4n) is 2.23. The molecule has 1 amide bonds. The minimum absolute atomic E-state index is 0.0393. The van der Waals surface area contributed by atoms with E-state index in [-0.39, 0.29) is 11.3 Å². The van der Waals surface area contributed by atoms with E-state index in [0.717, 1.165) is 13.0 Å². The van der Waals surface area contributed by atoms with E-state index < -0.39 is 0 Å². The molecule has 0 bridgehead atoms. The number of ether oxygens (including phenoxy) is 1. The lowest BCUT2D eigenvalue weighted by molar-refractivity contribution is 0.0737. The van der Waals surface area contributed by atoms with Crippen molar-refractivity contribution in [1.29, 1.82) is 0 Å². The standard InChI is InChI=1S/C13H20N2O3/c1-13(8-14)5-6-15(9-13)12(16)11-4-3-10(18-11)7-17-2/h3-4H,5-9,14H2,1-2H3. The molecule has 0 radical (unpaired) electrons. The maximum absolute atomic E-state index is 12.2. The van der Waals surface area contributed by atoms with E-state index in [9.17, 15) is 4.79 Å². The van der Waals surface area contributed by atoms with Crippen LogP contribution in [0.1, 0.15) is 29.7 Å². The van der Waals surface area contributed by atoms with Gasteiger partial charge in [0.15, 0.2) is 5.76 Å². The Labute approximate surface area is 107 Å². The zero-order chi connectivity index (χ0) is 13.2. The van der Waals surface area contributed by atoms with Gasteiger partial charge in [-0.05, 0) is 30.5 Å². The molecule has 1 fully saturated rings. The Kier molecular flexibility index (Phi) is 3.73. The molecule has 0 spiro atoms. The Morgan fingerprint density at radius 2 is 2.39 bits per heavy atom. The summed E-state index contributed by atoms with van der Waals surface area (Å²) in [6.45, 7) is 4.53. The van der Waals surface area contributed by atoms with Gasteiger partial charge in [-0.25, -0.2) is 0 Å². The molecule has 2 rings (SSSR count). The molecule has 1 aliphatic heterocycles. The summed E-state index contributed by atoms with van der Waals surface area (Å²) in [6.07, 6.45) is 0.945. The Balaban J connectivity index is 2.03. The summed E-state index contributed by atoms with van der Waals surface area (Å²) < 4.78 is 10.4. The Bertz CT molecular complexity index is 430. The number of nitrogens with two attached hydrogens (primary N) is 1. The van der Waals surface area contributed by atoms with Crippen LogP contribution in [0.25, 0.3) is 0 Å². The van der Waals surface area contributed by atoms with Crippen LogP contribution in [0, 0.1) is 5.41 Å². The highest BCUT2D eigenvalue weighted by molar-refractivity contribution is 5.91. The monoisotopic (exact) mass is 252 g/mol. The molecule has 1 unspecified atom stereocenters. The van der Waals surface area contributed by atoms with Crippen molar-refractivity contribution >= 4 is 5.91 Å². The predicted octanol–water partition coefficient (Wildman–Crippen LogP) is 1.24. The summed E-state index contributed by atoms with van der Waals surface area (Å²) in [4.78, 5) is 14.0. The van der Waals surface area contributed by atoms with Gasteiger partial charge < -0.3 is 19.8 Å². The van der Waals surface area contributed by atoms with E-state index in [0.29, 0.717) is 31.2 Å². The van der Waals surface area contributed by atoms with E-state index in [1.54, 1.807) is 19.2 Å². The van der Waals surface area contributed by atoms with Crippen LogP contribution in [0.2, 0.25) is 0 Å². The predicted molar refractivity (Wildman–Crippen MR) is 67.1 cm³/mol. The molecule has 0 aromatic carbocycles. The average molecular weight is 252 g/mol. The highest BCUT2D eigenvalue weighted by Gasteiger charge is 2.35. The van der Waals surface area contributed by atoms with Crippen molar-refractivity contribution in [2.75, 3.05) is 26.7 Å². The second kappa shape index (κ2) is 5.12. The minimum atomic E-state index is -0.0606. The molecule has 0 saturated carbocycles. The Morgan fingerprint density at radius 1 is 1.61 bits per heavy atom. The topological polar surface area (TPSA) is 68.7 Å². The molecule has 1 aromatic rings. The van der Waals surface area contributed by atoms with Gasteiger partial charge in [0.25, 0.3) is 5.91 Å². The van der Waals surface area contributed by atoms with Crippen molar-refractivity contribution in [3.05, 3.63) is 23.7 Å². The van der Waals surface area contributed by atoms with E-state index in [4.69, 9.17) is 14.9 Å². The SMILES string of the molecule is COCc1ccc(C(=O)N2CCC(C)(CN)C2)o1. The molecule has 2 N–H and O–H groups in total. The highest BCUT2D eigenvalue weighted by Crippen LogP contribution is 2.29. The molecule has 1 aromatic heterocycles. The van der Waals surface area contributed by atoms with Gasteiger partial charge in [-0.3, -0.25) is 4.79 Å². The van der Waals surface area contributed by atoms with Crippen molar-refractivity contribution < 1.29 is 13.9 Å². The third-order valence-electron chi connectivity index (χ3n) is 3.50. The van der Waals surface area contributed by atoms with Gasteiger partial charge in [0.05, 0.1) is 0 Å². The van der Waals surface area contributed by atoms with Gasteiger partial charge in [0.1, 0.15) is 12.4 Å². The number of hydrogen-bond donors (Lipinski definition) is 1. The largest absolute Gasteiger partial charge is 0.453 e. The van der Waals surface area contributed by atoms with Crippen LogP contribution in [0.4, 0.5) is 0 Å². The molecule has 0 aliphatic carbocycles. The molecule has 5 nitrogen and oxygen atoms in total. The molecule has 18 heavy (non-hydrogen) atoms. The third-order valence-corrected chi connectivity index (χ3v) is 3.50. The average Bonchev–Trinajstić information content (AvgIpc) is 2.97. The number of carbonyl (C=O) groups excluding carboxylic acids is 1. The smallest absolute Gasteiger partial charge is 0.289 e. The van der Waals surface area contributed by atoms with Crippen molar-refractivity contribution in [2.45, 2.75) is 20.0 Å². The lowest BCUT2D eigenvalue weighted by atomic mass is 9.90. The first-order valence-corrected chi connectivity index (χ1v) is 6.15. The highest BCUT2D eigenvalue weighted by atomic mass is 16.5. The number of likely N-dealkylation sites (tertiary alicyclic amines) is 1. The fourth-order valence-corrected chi connectivity index (χ4v) is 2.23. The lowest BCUT2D eigenvalue weighted by Crippen LogP contribution is -2.34. The Hall–Kier alpha value is -1.33. The molecule has 1 aliphatic rings. The number of carbonyl (C=O) groups is 1. The normalized spacial score (nSPS) is 23.6. The summed E-state index contributed by atoms with van der Waals surface area (Å²) in [6, 6.07) is 3.48. The molecule has 100 valence electrons. The Morgan fingerprint density at radius 3 is 3.00 bits per heavy atom. The van der Waals surface area contributed by atoms with E-state index in [2.05, 4.69) is 6.92 Å². The maximum Gasteiger partial charge on any atom is 0.289 e. The lowest BCUT2D eigenvalue weighted by Gasteiger charge is -2.21. The van der Waals surface area contributed by atoms with Crippen molar-refractivity contribution in [3.8, 4) is 0 Å². The van der Waals surface area contributed by atoms with Crippen LogP contribution < -0.4 is 5.73 Å². The third kappa shape index (κ3) is 2.57. The van der Waals surface area contributed by atoms with Crippen molar-refractivity contribution in [3.63, 3.8) is 0 Å². The molecule has 5 heteroatoms. The van der Waals surface area contributed by atoms with Crippen molar-refractivity contribution in [2.24, 2.45) is 11.1 Å². The number of hydrogen-bond acceptors (Lipinski definition) is 4. The number of furan rings is 1. The first-order valence-electron chi connectivity index (χ1n) is 6.15. The van der Waals surface area contributed by atoms with Crippen LogP contribution in [-0.4, -0.2) is 37.6 Å². The van der Waals surface area contributed by atoms with E-state index in [1.807, 2.05) is 4.90 Å². The summed E-state index contributed by atoms with van der Waals surface area (Å²) in [5.74, 6) is 0.986. The number of nitrogens with zero attached hydrogens (tertiary/aromatic N) is 1. The van der Waals surface area contributed by atoms with Gasteiger partial charge in [-0.2, -0.15) is 0 Å². The van der Waals surface area contributed by atoms with E-state index in [1.165, 1.54) is 0 Å². The fraction of sp³-hybridized carbons (Fsp3) is 0.615. The van der Waals surface area contributed by atoms with Gasteiger partial charge >= 0.3 is 0 Å². The first-order chi connectivity index (χ1) is 8.58. The van der Waals surface area contributed by atoms with E-state index >= 15 is 0 Å². The minimum Gasteiger partial charge on any atom is -0.453 e. The van der Waals surface area contributed by atoms with Gasteiger partial charge in [-0.1, -0.05) is 6.92 Å². The van der Waals surface area contributed by atoms with Crippen LogP contribution in [0.15, 0.2) is 16.5 Å². The van der Waals surface area contributed by atoms with Crippen LogP contribution in [0.5, 0.6) is 0 Å². The van der Waals surface area contributed by atoms with Crippen LogP contribution >= 0.6 is 0 Å². The van der Waals surface area contributed by atoms with Crippen LogP contribution in [0.3, 0.4) is 0 Å². The van der Waals surface area contributed by atoms with Gasteiger partial charge in [0, 0.05) is 20.2 Å². The maximum atomic E-state index is 12.2. The summed E-state index contributed by atoms with van der Waals surface area (Å²) >= 11 is 0. The first kappa shape index (κ1) is 13.1. The zero-order valence-corrected chi connectivity index (χ0v) is 10.9. The molecule has 2 heterocycles. The summed E-state index contributed by atoms with van der Waals surface area (Å²) in [7, 11) is 1.59. The number of rotatable bonds is 4. The second-order valence-electron chi connectivity index (χ2n) is 5.19. The number of amides is 1. The van der Waals surface area contributed by atoms with Crippen molar-refractivity contribution in [1.82, 2.24) is 4.90 Å². The quantitative estimate of drug-likeness (QED) is 0.875. The molecular weight excluding hydrogens is 232 g/mol. The molecule has 1 atom stereocenters. The molecule has 1 saturated heterocycles. The van der Waals surface area contributed by atoms with Gasteiger partial charge in [-0.15, -0.1) is 0 Å². The molecular formula is C13H20N2O3. The summed E-state index contributed by atoms with van der Waals surface area (Å²) in [5, 5.41) is 0. The number of methoxy groups -OCH3 is 1. The van der Waals surface area contributed by atoms with Gasteiger partial charge in [0.2, 0.25) is 0 Å². The second-order valence-corrected chi connectivity index (χ2v) is 5.19. The summed E-state index contributed by atoms with van der Waals surface area (Å²) in [5.41, 5.74) is 5.77.